The molecule has 0 unspecified atom stereocenters. The fourth-order valence-corrected chi connectivity index (χ4v) is 1.89. The van der Waals surface area contributed by atoms with Gasteiger partial charge >= 0.3 is 0 Å². The molecule has 5 heteroatoms. The zero-order valence-corrected chi connectivity index (χ0v) is 9.43. The van der Waals surface area contributed by atoms with Gasteiger partial charge in [0.05, 0.1) is 0 Å². The second-order valence-electron chi connectivity index (χ2n) is 2.87. The summed E-state index contributed by atoms with van der Waals surface area (Å²) in [5, 5.41) is 0. The molecule has 0 atom stereocenters. The third-order valence-electron chi connectivity index (χ3n) is 2.04. The van der Waals surface area contributed by atoms with E-state index in [0.29, 0.717) is 9.86 Å². The monoisotopic (exact) mass is 223 g/mol. The van der Waals surface area contributed by atoms with Crippen molar-refractivity contribution < 1.29 is 0 Å². The van der Waals surface area contributed by atoms with Crippen molar-refractivity contribution >= 4 is 41.7 Å². The lowest BCUT2D eigenvalue weighted by Crippen LogP contribution is -2.25. The molecule has 1 aliphatic rings. The summed E-state index contributed by atoms with van der Waals surface area (Å²) in [5.41, 5.74) is 1.71. The van der Waals surface area contributed by atoms with E-state index in [0.717, 1.165) is 11.4 Å². The van der Waals surface area contributed by atoms with Crippen molar-refractivity contribution in [2.45, 2.75) is 20.7 Å². The highest BCUT2D eigenvalue weighted by atomic mass is 35.5. The molecule has 0 saturated heterocycles. The van der Waals surface area contributed by atoms with Crippen molar-refractivity contribution in [2.24, 2.45) is 0 Å². The summed E-state index contributed by atoms with van der Waals surface area (Å²) in [6.07, 6.45) is 0. The van der Waals surface area contributed by atoms with Crippen LogP contribution in [0.1, 0.15) is 13.8 Å². The van der Waals surface area contributed by atoms with Crippen molar-refractivity contribution in [1.82, 2.24) is 4.42 Å². The average molecular weight is 224 g/mol. The van der Waals surface area contributed by atoms with Crippen LogP contribution in [0.15, 0.2) is 21.3 Å². The first kappa shape index (κ1) is 10.3. The lowest BCUT2D eigenvalue weighted by atomic mass is 9.50. The van der Waals surface area contributed by atoms with Crippen LogP contribution in [0.5, 0.6) is 0 Å². The normalized spacial score (nSPS) is 19.5. The van der Waals surface area contributed by atoms with Gasteiger partial charge < -0.3 is 0 Å². The second-order valence-corrected chi connectivity index (χ2v) is 4.02. The minimum atomic E-state index is 0.0725. The lowest BCUT2D eigenvalue weighted by Gasteiger charge is -2.27. The molecular formula is C7H9BCl3N. The summed E-state index contributed by atoms with van der Waals surface area (Å²) < 4.78 is 1.49. The van der Waals surface area contributed by atoms with Crippen LogP contribution in [0, 0.1) is 0 Å². The molecule has 0 aromatic heterocycles. The van der Waals surface area contributed by atoms with Crippen LogP contribution in [0.3, 0.4) is 0 Å². The number of halogens is 3. The van der Waals surface area contributed by atoms with Gasteiger partial charge in [0.25, 0.3) is 0 Å². The quantitative estimate of drug-likeness (QED) is 0.449. The fraction of sp³-hybridized carbons (Fsp3) is 0.429. The third-order valence-corrected chi connectivity index (χ3v) is 3.75. The zero-order chi connectivity index (χ0) is 9.46. The number of hydrogen-bond acceptors (Lipinski definition) is 1. The van der Waals surface area contributed by atoms with Gasteiger partial charge in [-0.1, -0.05) is 30.0 Å². The maximum absolute atomic E-state index is 6.01. The molecule has 1 rings (SSSR count). The van der Waals surface area contributed by atoms with Crippen LogP contribution in [-0.2, 0) is 0 Å². The van der Waals surface area contributed by atoms with Crippen LogP contribution in [0.25, 0.3) is 0 Å². The first-order valence-electron chi connectivity index (χ1n) is 3.65. The molecule has 0 bridgehead atoms. The fourth-order valence-electron chi connectivity index (χ4n) is 1.18. The number of hydrogen-bond donors (Lipinski definition) is 0. The maximum Gasteiger partial charge on any atom is 0.240 e. The molecule has 0 radical (unpaired) electrons. The van der Waals surface area contributed by atoms with E-state index in [4.69, 9.17) is 35.0 Å². The van der Waals surface area contributed by atoms with E-state index in [1.54, 1.807) is 0 Å². The van der Waals surface area contributed by atoms with Gasteiger partial charge in [0, 0.05) is 33.0 Å². The van der Waals surface area contributed by atoms with Crippen molar-refractivity contribution in [2.75, 3.05) is 0 Å². The standard InChI is InChI=1S/C7H9BCl3N/c1-4-6(9)8(3)7(10)5(2)12(4)11/h1-3H3. The van der Waals surface area contributed by atoms with Crippen LogP contribution in [-0.4, -0.2) is 11.1 Å². The molecule has 0 saturated carbocycles. The Bertz CT molecular complexity index is 220. The smallest absolute Gasteiger partial charge is 0.240 e. The van der Waals surface area contributed by atoms with E-state index in [1.807, 2.05) is 20.7 Å². The van der Waals surface area contributed by atoms with E-state index in [-0.39, 0.29) is 6.71 Å². The summed E-state index contributed by atoms with van der Waals surface area (Å²) in [7, 11) is 0. The highest BCUT2D eigenvalue weighted by Crippen LogP contribution is 2.34. The number of allylic oxidation sites excluding steroid dienone is 2. The van der Waals surface area contributed by atoms with E-state index < -0.39 is 0 Å². The van der Waals surface area contributed by atoms with Crippen LogP contribution in [0.4, 0.5) is 0 Å². The maximum atomic E-state index is 6.01. The van der Waals surface area contributed by atoms with Gasteiger partial charge in [0.15, 0.2) is 0 Å². The Morgan fingerprint density at radius 1 is 1.08 bits per heavy atom. The van der Waals surface area contributed by atoms with Crippen molar-refractivity contribution in [3.05, 3.63) is 21.3 Å². The van der Waals surface area contributed by atoms with E-state index in [9.17, 15) is 0 Å². The molecule has 0 aliphatic carbocycles. The topological polar surface area (TPSA) is 3.24 Å². The predicted octanol–water partition coefficient (Wildman–Crippen LogP) is 3.60. The predicted molar refractivity (Wildman–Crippen MR) is 56.4 cm³/mol. The van der Waals surface area contributed by atoms with Crippen LogP contribution < -0.4 is 0 Å². The van der Waals surface area contributed by atoms with Gasteiger partial charge in [-0.2, -0.15) is 0 Å². The minimum absolute atomic E-state index is 0.0725. The molecule has 0 amide bonds. The van der Waals surface area contributed by atoms with Gasteiger partial charge in [-0.25, -0.2) is 0 Å². The van der Waals surface area contributed by atoms with Crippen molar-refractivity contribution in [1.29, 1.82) is 0 Å². The van der Waals surface area contributed by atoms with E-state index in [2.05, 4.69) is 0 Å². The summed E-state index contributed by atoms with van der Waals surface area (Å²) in [6.45, 7) is 5.78. The summed E-state index contributed by atoms with van der Waals surface area (Å²) in [4.78, 5) is 1.42. The molecular weight excluding hydrogens is 215 g/mol. The highest BCUT2D eigenvalue weighted by molar-refractivity contribution is 6.89. The Labute approximate surface area is 88.1 Å². The lowest BCUT2D eigenvalue weighted by molar-refractivity contribution is 0.677. The Morgan fingerprint density at radius 2 is 1.42 bits per heavy atom. The molecule has 0 aromatic carbocycles. The van der Waals surface area contributed by atoms with E-state index >= 15 is 0 Å². The highest BCUT2D eigenvalue weighted by Gasteiger charge is 2.28. The Kier molecular flexibility index (Phi) is 3.03. The van der Waals surface area contributed by atoms with E-state index in [1.165, 1.54) is 4.42 Å². The van der Waals surface area contributed by atoms with Gasteiger partial charge in [0.2, 0.25) is 6.71 Å². The Morgan fingerprint density at radius 3 is 1.75 bits per heavy atom. The summed E-state index contributed by atoms with van der Waals surface area (Å²) >= 11 is 17.9. The molecule has 0 aromatic rings. The molecule has 1 aliphatic heterocycles. The van der Waals surface area contributed by atoms with Gasteiger partial charge in [-0.3, -0.25) is 4.42 Å². The van der Waals surface area contributed by atoms with Gasteiger partial charge in [0.1, 0.15) is 0 Å². The molecule has 0 fully saturated rings. The molecule has 66 valence electrons. The third kappa shape index (κ3) is 1.48. The second kappa shape index (κ2) is 3.53. The van der Waals surface area contributed by atoms with Crippen molar-refractivity contribution in [3.63, 3.8) is 0 Å². The summed E-state index contributed by atoms with van der Waals surface area (Å²) in [5.74, 6) is 0. The van der Waals surface area contributed by atoms with Crippen LogP contribution in [0.2, 0.25) is 6.82 Å². The van der Waals surface area contributed by atoms with Gasteiger partial charge in [-0.15, -0.1) is 0 Å². The Balaban J connectivity index is 3.13. The number of rotatable bonds is 0. The SMILES string of the molecule is CB1C(Cl)=C(C)N(Cl)C(C)=C1Cl. The molecule has 12 heavy (non-hydrogen) atoms. The molecule has 0 N–H and O–H groups in total. The first-order valence-corrected chi connectivity index (χ1v) is 4.74. The van der Waals surface area contributed by atoms with Crippen LogP contribution >= 0.6 is 35.0 Å². The number of nitrogens with zero attached hydrogens (tertiary/aromatic N) is 1. The largest absolute Gasteiger partial charge is 0.262 e. The zero-order valence-electron chi connectivity index (χ0n) is 7.16. The average Bonchev–Trinajstić information content (AvgIpc) is 2.08. The molecule has 1 heterocycles. The molecule has 0 spiro atoms. The first-order chi connectivity index (χ1) is 5.46. The minimum Gasteiger partial charge on any atom is -0.262 e. The van der Waals surface area contributed by atoms with Crippen molar-refractivity contribution in [3.8, 4) is 0 Å². The molecule has 1 nitrogen and oxygen atoms in total. The summed E-state index contributed by atoms with van der Waals surface area (Å²) in [6, 6.07) is 0. The van der Waals surface area contributed by atoms with Gasteiger partial charge in [-0.05, 0) is 13.8 Å². The Hall–Kier alpha value is 0.215.